The second-order valence-electron chi connectivity index (χ2n) is 4.78. The molecule has 1 heterocycles. The van der Waals surface area contributed by atoms with Gasteiger partial charge in [0.1, 0.15) is 0 Å². The lowest BCUT2D eigenvalue weighted by molar-refractivity contribution is 0.242. The number of piperidine rings is 1. The molecule has 2 nitrogen and oxygen atoms in total. The first-order chi connectivity index (χ1) is 8.25. The zero-order valence-corrected chi connectivity index (χ0v) is 11.4. The highest BCUT2D eigenvalue weighted by Gasteiger charge is 2.09. The number of thioether (sulfide) groups is 1. The van der Waals surface area contributed by atoms with Gasteiger partial charge >= 0.3 is 0 Å². The van der Waals surface area contributed by atoms with Crippen LogP contribution in [0.5, 0.6) is 0 Å². The molecule has 0 unspecified atom stereocenters. The van der Waals surface area contributed by atoms with Crippen molar-refractivity contribution < 1.29 is 0 Å². The molecule has 0 aliphatic carbocycles. The number of hydrogen-bond donors (Lipinski definition) is 1. The molecule has 1 aliphatic rings. The van der Waals surface area contributed by atoms with E-state index >= 15 is 0 Å². The van der Waals surface area contributed by atoms with Crippen molar-refractivity contribution in [1.29, 1.82) is 0 Å². The second kappa shape index (κ2) is 6.31. The van der Waals surface area contributed by atoms with E-state index in [1.54, 1.807) is 0 Å². The Bertz CT molecular complexity index is 359. The van der Waals surface area contributed by atoms with E-state index in [4.69, 9.17) is 5.73 Å². The van der Waals surface area contributed by atoms with Crippen LogP contribution in [0.2, 0.25) is 0 Å². The Kier molecular flexibility index (Phi) is 4.75. The van der Waals surface area contributed by atoms with Crippen LogP contribution >= 0.6 is 11.8 Å². The molecule has 1 saturated heterocycles. The van der Waals surface area contributed by atoms with E-state index < -0.39 is 0 Å². The second-order valence-corrected chi connectivity index (χ2v) is 5.91. The van der Waals surface area contributed by atoms with Gasteiger partial charge in [0.25, 0.3) is 0 Å². The van der Waals surface area contributed by atoms with Crippen LogP contribution in [-0.4, -0.2) is 30.3 Å². The van der Waals surface area contributed by atoms with Gasteiger partial charge in [-0.1, -0.05) is 12.5 Å². The van der Waals surface area contributed by atoms with E-state index in [9.17, 15) is 0 Å². The van der Waals surface area contributed by atoms with Gasteiger partial charge in [-0.05, 0) is 50.6 Å². The van der Waals surface area contributed by atoms with Gasteiger partial charge in [0.05, 0.1) is 0 Å². The third-order valence-corrected chi connectivity index (χ3v) is 4.46. The lowest BCUT2D eigenvalue weighted by Gasteiger charge is -2.26. The summed E-state index contributed by atoms with van der Waals surface area (Å²) in [4.78, 5) is 3.92. The number of anilines is 1. The number of nitrogen functional groups attached to an aromatic ring is 1. The summed E-state index contributed by atoms with van der Waals surface area (Å²) < 4.78 is 0. The SMILES string of the molecule is Cc1ccc(N)cc1SCCN1CCCCC1. The Balaban J connectivity index is 1.79. The maximum Gasteiger partial charge on any atom is 0.0325 e. The van der Waals surface area contributed by atoms with Crippen molar-refractivity contribution in [1.82, 2.24) is 4.90 Å². The highest BCUT2D eigenvalue weighted by molar-refractivity contribution is 7.99. The summed E-state index contributed by atoms with van der Waals surface area (Å²) >= 11 is 1.93. The quantitative estimate of drug-likeness (QED) is 0.657. The van der Waals surface area contributed by atoms with E-state index in [-0.39, 0.29) is 0 Å². The summed E-state index contributed by atoms with van der Waals surface area (Å²) in [5, 5.41) is 0. The molecule has 0 aromatic heterocycles. The van der Waals surface area contributed by atoms with Crippen LogP contribution in [0.3, 0.4) is 0 Å². The van der Waals surface area contributed by atoms with E-state index in [0.717, 1.165) is 5.69 Å². The Hall–Kier alpha value is -0.670. The van der Waals surface area contributed by atoms with Crippen LogP contribution in [0.15, 0.2) is 23.1 Å². The Morgan fingerprint density at radius 3 is 2.76 bits per heavy atom. The maximum atomic E-state index is 5.82. The molecule has 17 heavy (non-hydrogen) atoms. The number of hydrogen-bond acceptors (Lipinski definition) is 3. The number of likely N-dealkylation sites (tertiary alicyclic amines) is 1. The largest absolute Gasteiger partial charge is 0.399 e. The fourth-order valence-corrected chi connectivity index (χ4v) is 3.32. The Morgan fingerprint density at radius 2 is 2.00 bits per heavy atom. The summed E-state index contributed by atoms with van der Waals surface area (Å²) in [6.45, 7) is 5.94. The number of benzene rings is 1. The molecule has 2 N–H and O–H groups in total. The molecule has 2 rings (SSSR count). The van der Waals surface area contributed by atoms with Gasteiger partial charge in [-0.25, -0.2) is 0 Å². The molecule has 1 aliphatic heterocycles. The first-order valence-corrected chi connectivity index (χ1v) is 7.45. The number of nitrogens with zero attached hydrogens (tertiary/aromatic N) is 1. The molecule has 0 bridgehead atoms. The summed E-state index contributed by atoms with van der Waals surface area (Å²) in [6, 6.07) is 6.18. The fraction of sp³-hybridized carbons (Fsp3) is 0.571. The van der Waals surface area contributed by atoms with Crippen molar-refractivity contribution >= 4 is 17.4 Å². The number of rotatable bonds is 4. The van der Waals surface area contributed by atoms with Crippen molar-refractivity contribution in [3.05, 3.63) is 23.8 Å². The molecular formula is C14H22N2S. The topological polar surface area (TPSA) is 29.3 Å². The van der Waals surface area contributed by atoms with Crippen LogP contribution in [0.25, 0.3) is 0 Å². The molecule has 94 valence electrons. The Morgan fingerprint density at radius 1 is 1.24 bits per heavy atom. The fourth-order valence-electron chi connectivity index (χ4n) is 2.24. The minimum Gasteiger partial charge on any atom is -0.399 e. The molecule has 3 heteroatoms. The van der Waals surface area contributed by atoms with Gasteiger partial charge in [0.2, 0.25) is 0 Å². The maximum absolute atomic E-state index is 5.82. The van der Waals surface area contributed by atoms with Crippen LogP contribution < -0.4 is 5.73 Å². The van der Waals surface area contributed by atoms with Crippen molar-refractivity contribution in [2.45, 2.75) is 31.1 Å². The molecule has 0 saturated carbocycles. The van der Waals surface area contributed by atoms with E-state index in [1.807, 2.05) is 17.8 Å². The monoisotopic (exact) mass is 250 g/mol. The van der Waals surface area contributed by atoms with Crippen LogP contribution in [-0.2, 0) is 0 Å². The smallest absolute Gasteiger partial charge is 0.0325 e. The molecular weight excluding hydrogens is 228 g/mol. The summed E-state index contributed by atoms with van der Waals surface area (Å²) in [5.41, 5.74) is 8.03. The zero-order valence-electron chi connectivity index (χ0n) is 10.6. The third-order valence-electron chi connectivity index (χ3n) is 3.33. The molecule has 0 spiro atoms. The van der Waals surface area contributed by atoms with Gasteiger partial charge in [0.15, 0.2) is 0 Å². The van der Waals surface area contributed by atoms with Crippen molar-refractivity contribution in [3.8, 4) is 0 Å². The first-order valence-electron chi connectivity index (χ1n) is 6.47. The predicted molar refractivity (Wildman–Crippen MR) is 76.6 cm³/mol. The lowest BCUT2D eigenvalue weighted by atomic mass is 10.1. The summed E-state index contributed by atoms with van der Waals surface area (Å²) in [6.07, 6.45) is 4.17. The highest BCUT2D eigenvalue weighted by Crippen LogP contribution is 2.24. The van der Waals surface area contributed by atoms with Crippen molar-refractivity contribution in [3.63, 3.8) is 0 Å². The van der Waals surface area contributed by atoms with E-state index in [1.165, 1.54) is 55.1 Å². The van der Waals surface area contributed by atoms with Gasteiger partial charge in [0, 0.05) is 22.9 Å². The van der Waals surface area contributed by atoms with Crippen LogP contribution in [0, 0.1) is 6.92 Å². The molecule has 0 amide bonds. The minimum absolute atomic E-state index is 0.871. The van der Waals surface area contributed by atoms with Crippen molar-refractivity contribution in [2.75, 3.05) is 31.1 Å². The van der Waals surface area contributed by atoms with Gasteiger partial charge in [-0.2, -0.15) is 0 Å². The van der Waals surface area contributed by atoms with Crippen LogP contribution in [0.4, 0.5) is 5.69 Å². The summed E-state index contributed by atoms with van der Waals surface area (Å²) in [7, 11) is 0. The number of nitrogens with two attached hydrogens (primary N) is 1. The van der Waals surface area contributed by atoms with Crippen molar-refractivity contribution in [2.24, 2.45) is 0 Å². The standard InChI is InChI=1S/C14H22N2S/c1-12-5-6-13(15)11-14(12)17-10-9-16-7-3-2-4-8-16/h5-6,11H,2-4,7-10,15H2,1H3. The van der Waals surface area contributed by atoms with E-state index in [2.05, 4.69) is 24.0 Å². The van der Waals surface area contributed by atoms with Crippen LogP contribution in [0.1, 0.15) is 24.8 Å². The average molecular weight is 250 g/mol. The Labute approximate surface area is 109 Å². The van der Waals surface area contributed by atoms with E-state index in [0.29, 0.717) is 0 Å². The average Bonchev–Trinajstić information content (AvgIpc) is 2.35. The van der Waals surface area contributed by atoms with Gasteiger partial charge in [-0.15, -0.1) is 11.8 Å². The predicted octanol–water partition coefficient (Wildman–Crippen LogP) is 3.16. The lowest BCUT2D eigenvalue weighted by Crippen LogP contribution is -2.31. The zero-order chi connectivity index (χ0) is 12.1. The molecule has 0 radical (unpaired) electrons. The molecule has 1 aromatic carbocycles. The summed E-state index contributed by atoms with van der Waals surface area (Å²) in [5.74, 6) is 1.17. The highest BCUT2D eigenvalue weighted by atomic mass is 32.2. The minimum atomic E-state index is 0.871. The number of aryl methyl sites for hydroxylation is 1. The third kappa shape index (κ3) is 3.93. The van der Waals surface area contributed by atoms with Gasteiger partial charge < -0.3 is 10.6 Å². The molecule has 0 atom stereocenters. The molecule has 1 aromatic rings. The van der Waals surface area contributed by atoms with Gasteiger partial charge in [-0.3, -0.25) is 0 Å². The normalized spacial score (nSPS) is 17.2. The first kappa shape index (κ1) is 12.8. The molecule has 1 fully saturated rings.